The summed E-state index contributed by atoms with van der Waals surface area (Å²) in [5.74, 6) is 0.962. The maximum absolute atomic E-state index is 6.31. The number of hydrogen-bond acceptors (Lipinski definition) is 3. The molecule has 2 heterocycles. The van der Waals surface area contributed by atoms with Crippen LogP contribution in [-0.2, 0) is 19.9 Å². The summed E-state index contributed by atoms with van der Waals surface area (Å²) < 4.78 is 2.12. The smallest absolute Gasteiger partial charge is 0.144 e. The van der Waals surface area contributed by atoms with E-state index in [0.717, 1.165) is 40.3 Å². The van der Waals surface area contributed by atoms with E-state index in [2.05, 4.69) is 4.57 Å². The van der Waals surface area contributed by atoms with E-state index in [1.165, 1.54) is 23.3 Å². The molecule has 4 rings (SSSR count). The number of halogens is 1. The SMILES string of the molecule is Cn1c(-c2c(N)sc3c2CCCC3)nc2cc(Cl)ccc21. The number of thiophene rings is 1. The van der Waals surface area contributed by atoms with E-state index in [4.69, 9.17) is 22.3 Å². The van der Waals surface area contributed by atoms with Crippen LogP contribution in [0.3, 0.4) is 0 Å². The average Bonchev–Trinajstić information content (AvgIpc) is 2.95. The zero-order valence-corrected chi connectivity index (χ0v) is 13.4. The number of hydrogen-bond donors (Lipinski definition) is 1. The topological polar surface area (TPSA) is 43.8 Å². The van der Waals surface area contributed by atoms with Gasteiger partial charge in [0.2, 0.25) is 0 Å². The minimum Gasteiger partial charge on any atom is -0.390 e. The van der Waals surface area contributed by atoms with Gasteiger partial charge < -0.3 is 10.3 Å². The van der Waals surface area contributed by atoms with Crippen molar-refractivity contribution >= 4 is 39.0 Å². The molecule has 0 saturated carbocycles. The molecule has 0 saturated heterocycles. The summed E-state index contributed by atoms with van der Waals surface area (Å²) in [5.41, 5.74) is 10.9. The van der Waals surface area contributed by atoms with Crippen LogP contribution in [0.4, 0.5) is 5.00 Å². The lowest BCUT2D eigenvalue weighted by Gasteiger charge is -2.12. The van der Waals surface area contributed by atoms with Crippen molar-refractivity contribution in [3.05, 3.63) is 33.7 Å². The van der Waals surface area contributed by atoms with E-state index >= 15 is 0 Å². The summed E-state index contributed by atoms with van der Waals surface area (Å²) in [6.07, 6.45) is 4.78. The van der Waals surface area contributed by atoms with Gasteiger partial charge >= 0.3 is 0 Å². The van der Waals surface area contributed by atoms with Crippen molar-refractivity contribution in [3.63, 3.8) is 0 Å². The van der Waals surface area contributed by atoms with E-state index in [-0.39, 0.29) is 0 Å². The van der Waals surface area contributed by atoms with Crippen molar-refractivity contribution in [1.82, 2.24) is 9.55 Å². The first kappa shape index (κ1) is 13.2. The molecule has 1 aliphatic carbocycles. The minimum atomic E-state index is 0.715. The number of anilines is 1. The van der Waals surface area contributed by atoms with Crippen molar-refractivity contribution in [2.45, 2.75) is 25.7 Å². The molecule has 0 amide bonds. The maximum Gasteiger partial charge on any atom is 0.144 e. The standard InChI is InChI=1S/C16H16ClN3S/c1-20-12-7-6-9(17)8-11(12)19-16(20)14-10-4-2-3-5-13(10)21-15(14)18/h6-8H,2-5,18H2,1H3. The number of nitrogens with zero attached hydrogens (tertiary/aromatic N) is 2. The van der Waals surface area contributed by atoms with E-state index in [9.17, 15) is 0 Å². The lowest BCUT2D eigenvalue weighted by Crippen LogP contribution is -2.02. The van der Waals surface area contributed by atoms with Crippen molar-refractivity contribution < 1.29 is 0 Å². The monoisotopic (exact) mass is 317 g/mol. The van der Waals surface area contributed by atoms with Gasteiger partial charge in [-0.2, -0.15) is 0 Å². The summed E-state index contributed by atoms with van der Waals surface area (Å²) in [6, 6.07) is 5.83. The van der Waals surface area contributed by atoms with Gasteiger partial charge in [0, 0.05) is 16.9 Å². The number of nitrogen functional groups attached to an aromatic ring is 1. The van der Waals surface area contributed by atoms with E-state index in [0.29, 0.717) is 5.02 Å². The van der Waals surface area contributed by atoms with Crippen LogP contribution in [0.5, 0.6) is 0 Å². The van der Waals surface area contributed by atoms with Gasteiger partial charge in [-0.25, -0.2) is 4.98 Å². The molecule has 1 aliphatic rings. The number of imidazole rings is 1. The van der Waals surface area contributed by atoms with Gasteiger partial charge in [-0.1, -0.05) is 11.6 Å². The Balaban J connectivity index is 1.98. The normalized spacial score (nSPS) is 14.6. The van der Waals surface area contributed by atoms with Gasteiger partial charge in [0.1, 0.15) is 5.82 Å². The first-order chi connectivity index (χ1) is 10.1. The lowest BCUT2D eigenvalue weighted by atomic mass is 9.95. The van der Waals surface area contributed by atoms with Crippen LogP contribution >= 0.6 is 22.9 Å². The number of aryl methyl sites for hydroxylation is 2. The van der Waals surface area contributed by atoms with Gasteiger partial charge in [-0.3, -0.25) is 0 Å². The summed E-state index contributed by atoms with van der Waals surface area (Å²) >= 11 is 7.81. The van der Waals surface area contributed by atoms with Crippen LogP contribution in [0.1, 0.15) is 23.3 Å². The highest BCUT2D eigenvalue weighted by molar-refractivity contribution is 7.16. The zero-order valence-electron chi connectivity index (χ0n) is 11.8. The Bertz CT molecular complexity index is 847. The predicted octanol–water partition coefficient (Wildman–Crippen LogP) is 4.42. The van der Waals surface area contributed by atoms with Crippen LogP contribution in [0, 0.1) is 0 Å². The van der Waals surface area contributed by atoms with Crippen molar-refractivity contribution in [3.8, 4) is 11.4 Å². The van der Waals surface area contributed by atoms with E-state index in [1.807, 2.05) is 25.2 Å². The Hall–Kier alpha value is -1.52. The summed E-state index contributed by atoms with van der Waals surface area (Å²) in [7, 11) is 2.05. The summed E-state index contributed by atoms with van der Waals surface area (Å²) in [5, 5.41) is 1.61. The van der Waals surface area contributed by atoms with Gasteiger partial charge in [-0.05, 0) is 49.4 Å². The summed E-state index contributed by atoms with van der Waals surface area (Å²) in [4.78, 5) is 6.23. The first-order valence-electron chi connectivity index (χ1n) is 7.17. The molecule has 0 bridgehead atoms. The number of benzene rings is 1. The molecule has 0 spiro atoms. The highest BCUT2D eigenvalue weighted by atomic mass is 35.5. The van der Waals surface area contributed by atoms with Gasteiger partial charge in [0.05, 0.1) is 21.6 Å². The molecule has 1 aromatic carbocycles. The molecule has 0 aliphatic heterocycles. The highest BCUT2D eigenvalue weighted by Gasteiger charge is 2.23. The third kappa shape index (κ3) is 1.97. The summed E-state index contributed by atoms with van der Waals surface area (Å²) in [6.45, 7) is 0. The number of aromatic nitrogens is 2. The quantitative estimate of drug-likeness (QED) is 0.722. The third-order valence-electron chi connectivity index (χ3n) is 4.27. The molecule has 5 heteroatoms. The number of fused-ring (bicyclic) bond motifs is 2. The van der Waals surface area contributed by atoms with Gasteiger partial charge in [0.25, 0.3) is 0 Å². The van der Waals surface area contributed by atoms with Crippen LogP contribution in [0.25, 0.3) is 22.4 Å². The van der Waals surface area contributed by atoms with Crippen LogP contribution in [0.2, 0.25) is 5.02 Å². The molecule has 21 heavy (non-hydrogen) atoms. The molecule has 3 nitrogen and oxygen atoms in total. The zero-order chi connectivity index (χ0) is 14.6. The molecule has 0 unspecified atom stereocenters. The molecule has 0 fully saturated rings. The predicted molar refractivity (Wildman–Crippen MR) is 90.1 cm³/mol. The van der Waals surface area contributed by atoms with Gasteiger partial charge in [-0.15, -0.1) is 11.3 Å². The highest BCUT2D eigenvalue weighted by Crippen LogP contribution is 2.42. The fourth-order valence-corrected chi connectivity index (χ4v) is 4.55. The Morgan fingerprint density at radius 1 is 1.29 bits per heavy atom. The van der Waals surface area contributed by atoms with Gasteiger partial charge in [0.15, 0.2) is 0 Å². The lowest BCUT2D eigenvalue weighted by molar-refractivity contribution is 0.697. The number of nitrogens with two attached hydrogens (primary N) is 1. The molecular formula is C16H16ClN3S. The molecule has 3 aromatic rings. The molecule has 108 valence electrons. The van der Waals surface area contributed by atoms with Crippen molar-refractivity contribution in [1.29, 1.82) is 0 Å². The fourth-order valence-electron chi connectivity index (χ4n) is 3.23. The molecule has 2 aromatic heterocycles. The molecule has 0 radical (unpaired) electrons. The van der Waals surface area contributed by atoms with Crippen LogP contribution < -0.4 is 5.73 Å². The molecule has 0 atom stereocenters. The first-order valence-corrected chi connectivity index (χ1v) is 8.37. The Kier molecular flexibility index (Phi) is 2.98. The largest absolute Gasteiger partial charge is 0.390 e. The second-order valence-electron chi connectivity index (χ2n) is 5.58. The second-order valence-corrected chi connectivity index (χ2v) is 7.15. The fraction of sp³-hybridized carbons (Fsp3) is 0.312. The Morgan fingerprint density at radius 3 is 2.95 bits per heavy atom. The van der Waals surface area contributed by atoms with Crippen molar-refractivity contribution in [2.75, 3.05) is 5.73 Å². The van der Waals surface area contributed by atoms with E-state index in [1.54, 1.807) is 11.3 Å². The maximum atomic E-state index is 6.31. The number of rotatable bonds is 1. The van der Waals surface area contributed by atoms with Crippen molar-refractivity contribution in [2.24, 2.45) is 7.05 Å². The molecule has 2 N–H and O–H groups in total. The second kappa shape index (κ2) is 4.75. The Labute approximate surface area is 132 Å². The molecular weight excluding hydrogens is 302 g/mol. The van der Waals surface area contributed by atoms with E-state index < -0.39 is 0 Å². The van der Waals surface area contributed by atoms with Crippen LogP contribution in [-0.4, -0.2) is 9.55 Å². The minimum absolute atomic E-state index is 0.715. The van der Waals surface area contributed by atoms with Crippen LogP contribution in [0.15, 0.2) is 18.2 Å². The Morgan fingerprint density at radius 2 is 2.10 bits per heavy atom. The average molecular weight is 318 g/mol. The third-order valence-corrected chi connectivity index (χ3v) is 5.62.